The number of methoxy groups -OCH3 is 3. The molecule has 1 aliphatic rings. The Hall–Kier alpha value is -4.73. The van der Waals surface area contributed by atoms with E-state index in [1.165, 1.54) is 39.3 Å². The Balaban J connectivity index is 1.77. The van der Waals surface area contributed by atoms with Gasteiger partial charge in [0.2, 0.25) is 23.0 Å². The van der Waals surface area contributed by atoms with Gasteiger partial charge in [-0.15, -0.1) is 0 Å². The fourth-order valence-corrected chi connectivity index (χ4v) is 4.82. The molecule has 1 atom stereocenters. The van der Waals surface area contributed by atoms with Crippen molar-refractivity contribution in [2.45, 2.75) is 25.8 Å². The molecule has 4 rings (SSSR count). The summed E-state index contributed by atoms with van der Waals surface area (Å²) >= 11 is 0. The van der Waals surface area contributed by atoms with Crippen LogP contribution in [0.2, 0.25) is 0 Å². The van der Waals surface area contributed by atoms with E-state index in [4.69, 9.17) is 14.2 Å². The standard InChI is InChI=1S/C29H31N3O7/c1-16(33)31-22-10-8-17-12-25(37-2)28(38-3)29(39-4)27(17)20-9-11-23(24(35)14-21(20)22)30-15-26(36)32-18-6-5-7-19(34)13-18/h5-7,9,11-14,22,34H,8,10,15H2,1-4H3,(H,30,35)(H,31,33)(H,32,36)/t22-/m0/s1. The summed E-state index contributed by atoms with van der Waals surface area (Å²) in [5.41, 5.74) is 3.25. The summed E-state index contributed by atoms with van der Waals surface area (Å²) in [6, 6.07) is 12.5. The number of phenols is 1. The Morgan fingerprint density at radius 1 is 1.00 bits per heavy atom. The molecule has 0 heterocycles. The maximum absolute atomic E-state index is 13.3. The third-order valence-electron chi connectivity index (χ3n) is 6.49. The van der Waals surface area contributed by atoms with Crippen molar-refractivity contribution in [3.63, 3.8) is 0 Å². The summed E-state index contributed by atoms with van der Waals surface area (Å²) in [5.74, 6) is 0.789. The number of hydrogen-bond donors (Lipinski definition) is 4. The van der Waals surface area contributed by atoms with Crippen molar-refractivity contribution in [1.82, 2.24) is 5.32 Å². The Morgan fingerprint density at radius 3 is 2.44 bits per heavy atom. The molecule has 0 fully saturated rings. The lowest BCUT2D eigenvalue weighted by Crippen LogP contribution is -2.27. The van der Waals surface area contributed by atoms with E-state index in [2.05, 4.69) is 16.0 Å². The average Bonchev–Trinajstić information content (AvgIpc) is 3.14. The number of ether oxygens (including phenoxy) is 3. The number of benzene rings is 2. The number of carbonyl (C=O) groups is 2. The van der Waals surface area contributed by atoms with E-state index < -0.39 is 11.9 Å². The van der Waals surface area contributed by atoms with Gasteiger partial charge in [0.1, 0.15) is 5.75 Å². The molecule has 0 aliphatic heterocycles. The molecule has 39 heavy (non-hydrogen) atoms. The number of hydrogen-bond acceptors (Lipinski definition) is 8. The highest BCUT2D eigenvalue weighted by molar-refractivity contribution is 5.94. The SMILES string of the molecule is COc1cc2c(c(OC)c1OC)-c1ccc(NCC(=O)Nc3cccc(O)c3)c(=O)cc1[C@@H](NC(C)=O)CC2. The highest BCUT2D eigenvalue weighted by Gasteiger charge is 2.29. The molecule has 0 bridgehead atoms. The molecule has 3 aromatic carbocycles. The molecule has 2 amide bonds. The summed E-state index contributed by atoms with van der Waals surface area (Å²) in [5, 5.41) is 18.1. The van der Waals surface area contributed by atoms with Crippen molar-refractivity contribution in [2.75, 3.05) is 38.5 Å². The Bertz CT molecular complexity index is 1470. The number of rotatable bonds is 8. The van der Waals surface area contributed by atoms with Crippen LogP contribution in [0.15, 0.2) is 53.3 Å². The van der Waals surface area contributed by atoms with Crippen molar-refractivity contribution < 1.29 is 28.9 Å². The van der Waals surface area contributed by atoms with Crippen LogP contribution in [-0.2, 0) is 16.0 Å². The van der Waals surface area contributed by atoms with E-state index in [9.17, 15) is 19.5 Å². The van der Waals surface area contributed by atoms with Gasteiger partial charge in [-0.25, -0.2) is 0 Å². The topological polar surface area (TPSA) is 135 Å². The summed E-state index contributed by atoms with van der Waals surface area (Å²) in [4.78, 5) is 37.9. The molecule has 0 unspecified atom stereocenters. The van der Waals surface area contributed by atoms with Crippen LogP contribution in [0.25, 0.3) is 11.1 Å². The van der Waals surface area contributed by atoms with Gasteiger partial charge in [0.25, 0.3) is 0 Å². The molecule has 10 nitrogen and oxygen atoms in total. The number of carbonyl (C=O) groups excluding carboxylic acids is 2. The lowest BCUT2D eigenvalue weighted by Gasteiger charge is -2.19. The van der Waals surface area contributed by atoms with E-state index in [1.54, 1.807) is 31.4 Å². The van der Waals surface area contributed by atoms with Crippen LogP contribution < -0.4 is 35.6 Å². The number of nitrogens with one attached hydrogen (secondary N) is 3. The number of aryl methyl sites for hydroxylation is 1. The quantitative estimate of drug-likeness (QED) is 0.345. The van der Waals surface area contributed by atoms with Crippen LogP contribution in [0.4, 0.5) is 11.4 Å². The maximum Gasteiger partial charge on any atom is 0.243 e. The van der Waals surface area contributed by atoms with Gasteiger partial charge in [-0.05, 0) is 59.9 Å². The van der Waals surface area contributed by atoms with Crippen LogP contribution in [0.3, 0.4) is 0 Å². The van der Waals surface area contributed by atoms with Gasteiger partial charge in [0.05, 0.1) is 39.6 Å². The second kappa shape index (κ2) is 11.8. The normalized spacial score (nSPS) is 13.7. The van der Waals surface area contributed by atoms with Crippen molar-refractivity contribution >= 4 is 23.2 Å². The predicted octanol–water partition coefficient (Wildman–Crippen LogP) is 3.62. The first-order chi connectivity index (χ1) is 18.7. The number of aromatic hydroxyl groups is 1. The molecule has 0 saturated heterocycles. The monoisotopic (exact) mass is 533 g/mol. The van der Waals surface area contributed by atoms with Gasteiger partial charge in [-0.2, -0.15) is 0 Å². The molecular weight excluding hydrogens is 502 g/mol. The summed E-state index contributed by atoms with van der Waals surface area (Å²) < 4.78 is 16.9. The summed E-state index contributed by atoms with van der Waals surface area (Å²) in [6.45, 7) is 1.25. The fraction of sp³-hybridized carbons (Fsp3) is 0.276. The third-order valence-corrected chi connectivity index (χ3v) is 6.49. The number of phenolic OH excluding ortho intramolecular Hbond substituents is 1. The molecule has 0 saturated carbocycles. The second-order valence-corrected chi connectivity index (χ2v) is 9.05. The lowest BCUT2D eigenvalue weighted by molar-refractivity contribution is -0.119. The lowest BCUT2D eigenvalue weighted by atomic mass is 9.95. The minimum absolute atomic E-state index is 0.0258. The minimum atomic E-state index is -0.436. The molecule has 0 aromatic heterocycles. The highest BCUT2D eigenvalue weighted by atomic mass is 16.5. The molecular formula is C29H31N3O7. The van der Waals surface area contributed by atoms with E-state index in [1.807, 2.05) is 6.07 Å². The van der Waals surface area contributed by atoms with Crippen LogP contribution in [0, 0.1) is 0 Å². The van der Waals surface area contributed by atoms with Gasteiger partial charge in [0.15, 0.2) is 11.5 Å². The fourth-order valence-electron chi connectivity index (χ4n) is 4.82. The predicted molar refractivity (Wildman–Crippen MR) is 148 cm³/mol. The van der Waals surface area contributed by atoms with Crippen LogP contribution in [-0.4, -0.2) is 44.8 Å². The molecule has 10 heteroatoms. The molecule has 4 N–H and O–H groups in total. The van der Waals surface area contributed by atoms with E-state index in [0.717, 1.165) is 11.1 Å². The van der Waals surface area contributed by atoms with Crippen LogP contribution >= 0.6 is 0 Å². The van der Waals surface area contributed by atoms with Crippen LogP contribution in [0.5, 0.6) is 23.0 Å². The zero-order chi connectivity index (χ0) is 28.1. The van der Waals surface area contributed by atoms with Crippen molar-refractivity contribution in [1.29, 1.82) is 0 Å². The largest absolute Gasteiger partial charge is 0.508 e. The molecule has 3 aromatic rings. The minimum Gasteiger partial charge on any atom is -0.508 e. The Labute approximate surface area is 225 Å². The highest BCUT2D eigenvalue weighted by Crippen LogP contribution is 2.50. The second-order valence-electron chi connectivity index (χ2n) is 9.05. The molecule has 1 aliphatic carbocycles. The number of fused-ring (bicyclic) bond motifs is 3. The van der Waals surface area contributed by atoms with Crippen molar-refractivity contribution in [3.05, 3.63) is 69.9 Å². The Morgan fingerprint density at radius 2 is 1.77 bits per heavy atom. The Kier molecular flexibility index (Phi) is 8.24. The van der Waals surface area contributed by atoms with Crippen molar-refractivity contribution in [3.8, 4) is 34.1 Å². The van der Waals surface area contributed by atoms with Gasteiger partial charge in [0, 0.05) is 24.2 Å². The van der Waals surface area contributed by atoms with Gasteiger partial charge >= 0.3 is 0 Å². The van der Waals surface area contributed by atoms with Gasteiger partial charge in [-0.1, -0.05) is 12.1 Å². The van der Waals surface area contributed by atoms with Gasteiger partial charge < -0.3 is 35.3 Å². The summed E-state index contributed by atoms with van der Waals surface area (Å²) in [6.07, 6.45) is 1.13. The van der Waals surface area contributed by atoms with E-state index in [-0.39, 0.29) is 29.3 Å². The first-order valence-corrected chi connectivity index (χ1v) is 12.4. The van der Waals surface area contributed by atoms with Crippen LogP contribution in [0.1, 0.15) is 30.5 Å². The first-order valence-electron chi connectivity index (χ1n) is 12.4. The van der Waals surface area contributed by atoms with Gasteiger partial charge in [-0.3, -0.25) is 14.4 Å². The smallest absolute Gasteiger partial charge is 0.243 e. The molecule has 0 radical (unpaired) electrons. The van der Waals surface area contributed by atoms with E-state index >= 15 is 0 Å². The average molecular weight is 534 g/mol. The number of anilines is 2. The zero-order valence-corrected chi connectivity index (χ0v) is 22.2. The number of amides is 2. The first kappa shape index (κ1) is 27.3. The summed E-state index contributed by atoms with van der Waals surface area (Å²) in [7, 11) is 4.61. The molecule has 0 spiro atoms. The zero-order valence-electron chi connectivity index (χ0n) is 22.2. The molecule has 204 valence electrons. The third kappa shape index (κ3) is 5.90. The maximum atomic E-state index is 13.3. The van der Waals surface area contributed by atoms with Crippen molar-refractivity contribution in [2.24, 2.45) is 0 Å². The van der Waals surface area contributed by atoms with E-state index in [0.29, 0.717) is 46.9 Å².